The van der Waals surface area contributed by atoms with E-state index in [1.54, 1.807) is 60.7 Å². The first-order valence-corrected chi connectivity index (χ1v) is 18.3. The van der Waals surface area contributed by atoms with Crippen LogP contribution in [0.4, 0.5) is 5.69 Å². The normalized spacial score (nSPS) is 25.0. The van der Waals surface area contributed by atoms with Crippen LogP contribution in [0.25, 0.3) is 22.2 Å². The third-order valence-corrected chi connectivity index (χ3v) is 14.4. The van der Waals surface area contributed by atoms with Crippen molar-refractivity contribution >= 4 is 115 Å². The van der Waals surface area contributed by atoms with Crippen molar-refractivity contribution < 1.29 is 23.9 Å². The van der Waals surface area contributed by atoms with Gasteiger partial charge in [0.1, 0.15) is 0 Å². The molecular weight excluding hydrogens is 871 g/mol. The summed E-state index contributed by atoms with van der Waals surface area (Å²) in [5.74, 6) is -1.70. The number of anilines is 1. The highest BCUT2D eigenvalue weighted by Crippen LogP contribution is 2.60. The van der Waals surface area contributed by atoms with Gasteiger partial charge in [-0.1, -0.05) is 83.7 Å². The standard InChI is InChI=1S/C34H23Br4ClN2O5/c1-14-30(39)23(36)11-19-20(34(45)46-13-25(42)16-2-6-17(35)7-3-16)12-24(40-31(14)19)15-4-8-18(9-5-15)41-32(43)26-21-10-22(27(26)33(41)44)29(38)28(21)37/h2-9,11-12,21-22,26-29H,10,13H2,1H3. The maximum atomic E-state index is 13.5. The zero-order valence-electron chi connectivity index (χ0n) is 24.0. The van der Waals surface area contributed by atoms with E-state index in [1.807, 2.05) is 6.92 Å². The van der Waals surface area contributed by atoms with Crippen molar-refractivity contribution in [2.24, 2.45) is 23.7 Å². The van der Waals surface area contributed by atoms with Gasteiger partial charge in [0.15, 0.2) is 12.4 Å². The molecule has 2 saturated carbocycles. The summed E-state index contributed by atoms with van der Waals surface area (Å²) in [5, 5.41) is 0.971. The van der Waals surface area contributed by atoms with E-state index in [4.69, 9.17) is 21.3 Å². The first-order chi connectivity index (χ1) is 22.0. The number of Topliss-reactive ketones (excluding diaryl/α,β-unsaturated/α-hetero) is 1. The largest absolute Gasteiger partial charge is 0.454 e. The maximum absolute atomic E-state index is 13.5. The van der Waals surface area contributed by atoms with Gasteiger partial charge in [0, 0.05) is 35.1 Å². The van der Waals surface area contributed by atoms with Gasteiger partial charge in [-0.2, -0.15) is 0 Å². The van der Waals surface area contributed by atoms with Gasteiger partial charge in [0.2, 0.25) is 11.8 Å². The zero-order valence-corrected chi connectivity index (χ0v) is 31.1. The number of fused-ring (bicyclic) bond motifs is 6. The topological polar surface area (TPSA) is 93.6 Å². The van der Waals surface area contributed by atoms with Gasteiger partial charge >= 0.3 is 5.97 Å². The number of ketones is 1. The van der Waals surface area contributed by atoms with Crippen LogP contribution in [0.1, 0.15) is 32.7 Å². The molecule has 2 amide bonds. The Morgan fingerprint density at radius 3 is 2.15 bits per heavy atom. The van der Waals surface area contributed by atoms with E-state index >= 15 is 0 Å². The van der Waals surface area contributed by atoms with Crippen LogP contribution in [0.15, 0.2) is 69.6 Å². The summed E-state index contributed by atoms with van der Waals surface area (Å²) in [6, 6.07) is 17.1. The number of nitrogens with zero attached hydrogens (tertiary/aromatic N) is 2. The Bertz CT molecular complexity index is 1940. The summed E-state index contributed by atoms with van der Waals surface area (Å²) in [4.78, 5) is 59.8. The number of hydrogen-bond donors (Lipinski definition) is 0. The molecule has 3 aliphatic rings. The third kappa shape index (κ3) is 5.21. The fourth-order valence-electron chi connectivity index (χ4n) is 7.09. The number of benzene rings is 3. The Morgan fingerprint density at radius 1 is 0.935 bits per heavy atom. The predicted molar refractivity (Wildman–Crippen MR) is 190 cm³/mol. The molecule has 6 unspecified atom stereocenters. The van der Waals surface area contributed by atoms with Crippen molar-refractivity contribution in [3.8, 4) is 11.3 Å². The molecule has 0 spiro atoms. The fourth-order valence-corrected chi connectivity index (χ4v) is 9.90. The number of hydrogen-bond acceptors (Lipinski definition) is 6. The van der Waals surface area contributed by atoms with Crippen LogP contribution >= 0.6 is 75.3 Å². The van der Waals surface area contributed by atoms with E-state index in [-0.39, 0.29) is 56.5 Å². The number of imide groups is 1. The number of amides is 2. The monoisotopic (exact) mass is 890 g/mol. The lowest BCUT2D eigenvalue weighted by Gasteiger charge is -2.28. The molecule has 7 rings (SSSR count). The number of carbonyl (C=O) groups is 4. The van der Waals surface area contributed by atoms with E-state index in [2.05, 4.69) is 63.7 Å². The second-order valence-electron chi connectivity index (χ2n) is 11.8. The van der Waals surface area contributed by atoms with Crippen LogP contribution < -0.4 is 4.90 Å². The number of rotatable bonds is 6. The summed E-state index contributed by atoms with van der Waals surface area (Å²) in [6.07, 6.45) is 0.863. The molecule has 0 radical (unpaired) electrons. The third-order valence-electron chi connectivity index (χ3n) is 9.35. The van der Waals surface area contributed by atoms with Gasteiger partial charge in [0.25, 0.3) is 0 Å². The van der Waals surface area contributed by atoms with Crippen LogP contribution in [0.3, 0.4) is 0 Å². The summed E-state index contributed by atoms with van der Waals surface area (Å²) in [5.41, 5.74) is 3.42. The summed E-state index contributed by atoms with van der Waals surface area (Å²) < 4.78 is 6.93. The second-order valence-corrected chi connectivity index (χ2v) is 16.1. The smallest absolute Gasteiger partial charge is 0.339 e. The maximum Gasteiger partial charge on any atom is 0.339 e. The number of carbonyl (C=O) groups excluding carboxylic acids is 4. The molecule has 2 bridgehead atoms. The molecule has 4 aromatic rings. The molecule has 234 valence electrons. The lowest BCUT2D eigenvalue weighted by Crippen LogP contribution is -2.37. The van der Waals surface area contributed by atoms with E-state index in [0.717, 1.165) is 10.9 Å². The molecule has 1 aromatic heterocycles. The molecule has 0 N–H and O–H groups in total. The van der Waals surface area contributed by atoms with E-state index in [0.29, 0.717) is 48.5 Å². The Balaban J connectivity index is 1.20. The van der Waals surface area contributed by atoms with Crippen LogP contribution in [0, 0.1) is 30.6 Å². The molecule has 2 heterocycles. The van der Waals surface area contributed by atoms with Crippen molar-refractivity contribution in [3.05, 3.63) is 91.3 Å². The van der Waals surface area contributed by atoms with E-state index in [9.17, 15) is 19.2 Å². The van der Waals surface area contributed by atoms with E-state index < -0.39 is 12.6 Å². The van der Waals surface area contributed by atoms with E-state index in [1.165, 1.54) is 4.90 Å². The number of ether oxygens (including phenoxy) is 1. The predicted octanol–water partition coefficient (Wildman–Crippen LogP) is 8.71. The van der Waals surface area contributed by atoms with Gasteiger partial charge in [-0.3, -0.25) is 19.3 Å². The van der Waals surface area contributed by atoms with Crippen molar-refractivity contribution in [1.29, 1.82) is 0 Å². The SMILES string of the molecule is Cc1c(Cl)c(Br)cc2c(C(=O)OCC(=O)c3ccc(Br)cc3)cc(-c3ccc(N4C(=O)C5C6CC(C(Br)C6Br)C5C4=O)cc3)nc12. The molecular formula is C34H23Br4ClN2O5. The van der Waals surface area contributed by atoms with Crippen molar-refractivity contribution in [3.63, 3.8) is 0 Å². The minimum Gasteiger partial charge on any atom is -0.454 e. The first-order valence-electron chi connectivity index (χ1n) is 14.5. The van der Waals surface area contributed by atoms with Crippen LogP contribution in [0.2, 0.25) is 5.02 Å². The summed E-state index contributed by atoms with van der Waals surface area (Å²) in [7, 11) is 0. The zero-order chi connectivity index (χ0) is 32.6. The molecule has 3 fully saturated rings. The average Bonchev–Trinajstić information content (AvgIpc) is 3.67. The Labute approximate surface area is 302 Å². The quantitative estimate of drug-likeness (QED) is 0.0833. The average molecular weight is 895 g/mol. The van der Waals surface area contributed by atoms with Crippen molar-refractivity contribution in [2.45, 2.75) is 23.0 Å². The van der Waals surface area contributed by atoms with Crippen LogP contribution in [-0.2, 0) is 14.3 Å². The molecule has 7 nitrogen and oxygen atoms in total. The molecule has 46 heavy (non-hydrogen) atoms. The van der Waals surface area contributed by atoms with Gasteiger partial charge in [-0.05, 0) is 83.1 Å². The minimum absolute atomic E-state index is 0.125. The highest BCUT2D eigenvalue weighted by molar-refractivity contribution is 9.12. The molecule has 2 aliphatic carbocycles. The van der Waals surface area contributed by atoms with Crippen molar-refractivity contribution in [2.75, 3.05) is 11.5 Å². The Hall–Kier alpha value is -2.44. The molecule has 1 aliphatic heterocycles. The van der Waals surface area contributed by atoms with Crippen LogP contribution in [-0.4, -0.2) is 44.8 Å². The molecule has 12 heteroatoms. The summed E-state index contributed by atoms with van der Waals surface area (Å²) >= 11 is 20.8. The Kier molecular flexibility index (Phi) is 8.53. The Morgan fingerprint density at radius 2 is 1.54 bits per heavy atom. The lowest BCUT2D eigenvalue weighted by molar-refractivity contribution is -0.123. The molecule has 3 aromatic carbocycles. The fraction of sp³-hybridized carbons (Fsp3) is 0.265. The summed E-state index contributed by atoms with van der Waals surface area (Å²) in [6.45, 7) is 1.38. The second kappa shape index (κ2) is 12.2. The number of aromatic nitrogens is 1. The van der Waals surface area contributed by atoms with Crippen molar-refractivity contribution in [1.82, 2.24) is 4.98 Å². The number of pyridine rings is 1. The van der Waals surface area contributed by atoms with Gasteiger partial charge in [0.05, 0.1) is 39.3 Å². The number of aryl methyl sites for hydroxylation is 1. The number of alkyl halides is 2. The van der Waals surface area contributed by atoms with Gasteiger partial charge < -0.3 is 4.74 Å². The minimum atomic E-state index is -0.686. The number of esters is 1. The molecule has 1 saturated heterocycles. The van der Waals surface area contributed by atoms with Gasteiger partial charge in [-0.25, -0.2) is 9.78 Å². The van der Waals surface area contributed by atoms with Crippen LogP contribution in [0.5, 0.6) is 0 Å². The lowest BCUT2D eigenvalue weighted by atomic mass is 9.81. The highest BCUT2D eigenvalue weighted by Gasteiger charge is 2.66. The number of halogens is 5. The highest BCUT2D eigenvalue weighted by atomic mass is 79.9. The molecule has 6 atom stereocenters. The first kappa shape index (κ1) is 32.1. The van der Waals surface area contributed by atoms with Gasteiger partial charge in [-0.15, -0.1) is 0 Å².